The molecule has 1 N–H and O–H groups in total. The molecule has 4 nitrogen and oxygen atoms in total. The van der Waals surface area contributed by atoms with Crippen molar-refractivity contribution in [3.05, 3.63) is 17.7 Å². The molecular formula is C12H18F3N3O. The third-order valence-corrected chi connectivity index (χ3v) is 2.63. The predicted octanol–water partition coefficient (Wildman–Crippen LogP) is 2.61. The van der Waals surface area contributed by atoms with Crippen LogP contribution in [-0.4, -0.2) is 39.3 Å². The lowest BCUT2D eigenvalue weighted by Gasteiger charge is -2.20. The maximum absolute atomic E-state index is 12.8. The number of rotatable bonds is 6. The minimum Gasteiger partial charge on any atom is -0.385 e. The van der Waals surface area contributed by atoms with Crippen molar-refractivity contribution in [2.75, 3.05) is 44.6 Å². The zero-order chi connectivity index (χ0) is 14.5. The van der Waals surface area contributed by atoms with E-state index in [4.69, 9.17) is 4.74 Å². The number of hydrogen-bond donors (Lipinski definition) is 1. The van der Waals surface area contributed by atoms with Crippen LogP contribution in [0.2, 0.25) is 0 Å². The summed E-state index contributed by atoms with van der Waals surface area (Å²) < 4.78 is 43.2. The Balaban J connectivity index is 2.93. The van der Waals surface area contributed by atoms with Crippen molar-refractivity contribution in [3.63, 3.8) is 0 Å². The van der Waals surface area contributed by atoms with Crippen LogP contribution in [0.3, 0.4) is 0 Å². The number of halogens is 3. The number of nitrogens with zero attached hydrogens (tertiary/aromatic N) is 2. The molecule has 0 saturated carbocycles. The van der Waals surface area contributed by atoms with Gasteiger partial charge in [0.1, 0.15) is 11.6 Å². The van der Waals surface area contributed by atoms with E-state index in [1.54, 1.807) is 19.1 Å². The molecule has 0 bridgehead atoms. The molecule has 0 radical (unpaired) electrons. The summed E-state index contributed by atoms with van der Waals surface area (Å²) in [6.07, 6.45) is -3.66. The molecule has 0 unspecified atom stereocenters. The molecule has 1 rings (SSSR count). The van der Waals surface area contributed by atoms with Gasteiger partial charge in [-0.25, -0.2) is 4.98 Å². The minimum absolute atomic E-state index is 0.198. The van der Waals surface area contributed by atoms with Crippen LogP contribution in [0.5, 0.6) is 0 Å². The Morgan fingerprint density at radius 2 is 2.05 bits per heavy atom. The average molecular weight is 277 g/mol. The molecule has 19 heavy (non-hydrogen) atoms. The van der Waals surface area contributed by atoms with Crippen LogP contribution in [0.25, 0.3) is 0 Å². The van der Waals surface area contributed by atoms with Gasteiger partial charge in [0.15, 0.2) is 0 Å². The summed E-state index contributed by atoms with van der Waals surface area (Å²) in [7, 11) is 4.83. The van der Waals surface area contributed by atoms with Crippen molar-refractivity contribution in [3.8, 4) is 0 Å². The highest BCUT2D eigenvalue weighted by molar-refractivity contribution is 5.50. The van der Waals surface area contributed by atoms with E-state index in [-0.39, 0.29) is 11.6 Å². The van der Waals surface area contributed by atoms with Gasteiger partial charge in [0, 0.05) is 34.4 Å². The number of nitrogens with one attached hydrogen (secondary N) is 1. The predicted molar refractivity (Wildman–Crippen MR) is 68.5 cm³/mol. The molecule has 0 aliphatic carbocycles. The van der Waals surface area contributed by atoms with E-state index >= 15 is 0 Å². The van der Waals surface area contributed by atoms with Gasteiger partial charge in [-0.3, -0.25) is 0 Å². The zero-order valence-corrected chi connectivity index (χ0v) is 11.2. The van der Waals surface area contributed by atoms with Gasteiger partial charge < -0.3 is 15.0 Å². The third-order valence-electron chi connectivity index (χ3n) is 2.63. The molecule has 0 spiro atoms. The minimum atomic E-state index is -4.38. The van der Waals surface area contributed by atoms with Crippen LogP contribution < -0.4 is 10.2 Å². The molecule has 0 fully saturated rings. The molecule has 0 aromatic carbocycles. The van der Waals surface area contributed by atoms with E-state index in [0.717, 1.165) is 18.6 Å². The number of hydrogen-bond acceptors (Lipinski definition) is 4. The maximum atomic E-state index is 12.8. The van der Waals surface area contributed by atoms with E-state index < -0.39 is 11.7 Å². The molecule has 108 valence electrons. The first-order chi connectivity index (χ1) is 8.88. The Kier molecular flexibility index (Phi) is 5.41. The molecule has 0 aliphatic heterocycles. The smallest absolute Gasteiger partial charge is 0.385 e. The standard InChI is InChI=1S/C12H18F3N3O/c1-16-10-7-9(12(13,14)15)8-11(17-10)18(2)5-4-6-19-3/h7-8H,4-6H2,1-3H3,(H,16,17). The van der Waals surface area contributed by atoms with Crippen LogP contribution in [0.15, 0.2) is 12.1 Å². The molecule has 0 aliphatic rings. The lowest BCUT2D eigenvalue weighted by Crippen LogP contribution is -2.22. The largest absolute Gasteiger partial charge is 0.416 e. The topological polar surface area (TPSA) is 37.4 Å². The zero-order valence-electron chi connectivity index (χ0n) is 11.2. The molecule has 1 heterocycles. The Bertz CT molecular complexity index is 410. The number of alkyl halides is 3. The molecular weight excluding hydrogens is 259 g/mol. The Morgan fingerprint density at radius 3 is 2.58 bits per heavy atom. The molecule has 0 saturated heterocycles. The van der Waals surface area contributed by atoms with Crippen molar-refractivity contribution < 1.29 is 17.9 Å². The van der Waals surface area contributed by atoms with Crippen LogP contribution in [0.1, 0.15) is 12.0 Å². The molecule has 1 aromatic heterocycles. The second-order valence-electron chi connectivity index (χ2n) is 4.11. The first-order valence-electron chi connectivity index (χ1n) is 5.85. The van der Waals surface area contributed by atoms with Gasteiger partial charge >= 0.3 is 6.18 Å². The van der Waals surface area contributed by atoms with E-state index in [1.165, 1.54) is 7.05 Å². The summed E-state index contributed by atoms with van der Waals surface area (Å²) in [6.45, 7) is 1.13. The van der Waals surface area contributed by atoms with Gasteiger partial charge in [-0.1, -0.05) is 0 Å². The van der Waals surface area contributed by atoms with Crippen LogP contribution in [-0.2, 0) is 10.9 Å². The van der Waals surface area contributed by atoms with Crippen molar-refractivity contribution in [1.82, 2.24) is 4.98 Å². The maximum Gasteiger partial charge on any atom is 0.416 e. The van der Waals surface area contributed by atoms with Crippen molar-refractivity contribution >= 4 is 11.6 Å². The van der Waals surface area contributed by atoms with Crippen LogP contribution in [0, 0.1) is 0 Å². The van der Waals surface area contributed by atoms with E-state index in [1.807, 2.05) is 0 Å². The van der Waals surface area contributed by atoms with Gasteiger partial charge in [0.05, 0.1) is 5.56 Å². The van der Waals surface area contributed by atoms with E-state index in [0.29, 0.717) is 13.2 Å². The molecule has 0 atom stereocenters. The van der Waals surface area contributed by atoms with Gasteiger partial charge in [-0.15, -0.1) is 0 Å². The highest BCUT2D eigenvalue weighted by Crippen LogP contribution is 2.32. The number of ether oxygens (including phenoxy) is 1. The quantitative estimate of drug-likeness (QED) is 0.811. The van der Waals surface area contributed by atoms with Gasteiger partial charge in [-0.2, -0.15) is 13.2 Å². The van der Waals surface area contributed by atoms with E-state index in [2.05, 4.69) is 10.3 Å². The van der Waals surface area contributed by atoms with Crippen molar-refractivity contribution in [2.45, 2.75) is 12.6 Å². The molecule has 0 amide bonds. The highest BCUT2D eigenvalue weighted by Gasteiger charge is 2.31. The highest BCUT2D eigenvalue weighted by atomic mass is 19.4. The first-order valence-corrected chi connectivity index (χ1v) is 5.85. The summed E-state index contributed by atoms with van der Waals surface area (Å²) in [5.41, 5.74) is -0.708. The van der Waals surface area contributed by atoms with E-state index in [9.17, 15) is 13.2 Å². The van der Waals surface area contributed by atoms with Gasteiger partial charge in [0.2, 0.25) is 0 Å². The SMILES string of the molecule is CNc1cc(C(F)(F)F)cc(N(C)CCCOC)n1. The third kappa shape index (κ3) is 4.59. The second-order valence-corrected chi connectivity index (χ2v) is 4.11. The lowest BCUT2D eigenvalue weighted by atomic mass is 10.2. The summed E-state index contributed by atoms with van der Waals surface area (Å²) in [5.74, 6) is 0.485. The summed E-state index contributed by atoms with van der Waals surface area (Å²) in [4.78, 5) is 5.79. The Hall–Kier alpha value is -1.50. The molecule has 1 aromatic rings. The number of aromatic nitrogens is 1. The number of pyridine rings is 1. The normalized spacial score (nSPS) is 11.5. The number of anilines is 2. The van der Waals surface area contributed by atoms with Crippen molar-refractivity contribution in [2.24, 2.45) is 0 Å². The Morgan fingerprint density at radius 1 is 1.37 bits per heavy atom. The fraction of sp³-hybridized carbons (Fsp3) is 0.583. The lowest BCUT2D eigenvalue weighted by molar-refractivity contribution is -0.137. The van der Waals surface area contributed by atoms with Crippen LogP contribution in [0.4, 0.5) is 24.8 Å². The summed E-state index contributed by atoms with van der Waals surface area (Å²) in [6, 6.07) is 2.04. The monoisotopic (exact) mass is 277 g/mol. The molecule has 7 heteroatoms. The van der Waals surface area contributed by atoms with Crippen LogP contribution >= 0.6 is 0 Å². The fourth-order valence-corrected chi connectivity index (χ4v) is 1.56. The van der Waals surface area contributed by atoms with Gasteiger partial charge in [0.25, 0.3) is 0 Å². The fourth-order valence-electron chi connectivity index (χ4n) is 1.56. The summed E-state index contributed by atoms with van der Waals surface area (Å²) in [5, 5.41) is 2.64. The number of methoxy groups -OCH3 is 1. The van der Waals surface area contributed by atoms with Crippen molar-refractivity contribution in [1.29, 1.82) is 0 Å². The first kappa shape index (κ1) is 15.6. The second kappa shape index (κ2) is 6.60. The Labute approximate surface area is 110 Å². The average Bonchev–Trinajstić information content (AvgIpc) is 2.37. The summed E-state index contributed by atoms with van der Waals surface area (Å²) >= 11 is 0. The van der Waals surface area contributed by atoms with Gasteiger partial charge in [-0.05, 0) is 18.6 Å².